The van der Waals surface area contributed by atoms with Crippen molar-refractivity contribution < 1.29 is 0 Å². The van der Waals surface area contributed by atoms with Crippen LogP contribution in [0.15, 0.2) is 40.6 Å². The number of nitrogens with one attached hydrogen (secondary N) is 2. The van der Waals surface area contributed by atoms with Crippen LogP contribution in [0.25, 0.3) is 11.0 Å². The highest BCUT2D eigenvalue weighted by molar-refractivity contribution is 7.99. The van der Waals surface area contributed by atoms with E-state index in [1.807, 2.05) is 25.1 Å². The molecule has 3 aromatic heterocycles. The molecule has 7 heteroatoms. The molecule has 0 aliphatic carbocycles. The SMILES string of the molecule is CCNc1nc(Sc2ccccn2)c2cn[nH]c2n1. The molecule has 0 aromatic carbocycles. The first kappa shape index (κ1) is 11.9. The molecule has 0 unspecified atom stereocenters. The molecular formula is C12H12N6S. The summed E-state index contributed by atoms with van der Waals surface area (Å²) in [5.41, 5.74) is 0.726. The third-order valence-electron chi connectivity index (χ3n) is 2.45. The molecule has 0 fully saturated rings. The largest absolute Gasteiger partial charge is 0.354 e. The minimum absolute atomic E-state index is 0.595. The van der Waals surface area contributed by atoms with Gasteiger partial charge in [-0.15, -0.1) is 0 Å². The second-order valence-electron chi connectivity index (χ2n) is 3.79. The number of hydrogen-bond donors (Lipinski definition) is 2. The van der Waals surface area contributed by atoms with Crippen molar-refractivity contribution in [2.24, 2.45) is 0 Å². The van der Waals surface area contributed by atoms with Gasteiger partial charge in [-0.25, -0.2) is 9.97 Å². The molecule has 3 heterocycles. The quantitative estimate of drug-likeness (QED) is 0.710. The predicted molar refractivity (Wildman–Crippen MR) is 74.2 cm³/mol. The average molecular weight is 272 g/mol. The van der Waals surface area contributed by atoms with Crippen LogP contribution < -0.4 is 5.32 Å². The Bertz CT molecular complexity index is 681. The molecule has 0 saturated carbocycles. The van der Waals surface area contributed by atoms with Crippen molar-refractivity contribution in [3.8, 4) is 0 Å². The van der Waals surface area contributed by atoms with Crippen molar-refractivity contribution in [1.82, 2.24) is 25.1 Å². The molecular weight excluding hydrogens is 260 g/mol. The highest BCUT2D eigenvalue weighted by atomic mass is 32.2. The monoisotopic (exact) mass is 272 g/mol. The zero-order valence-electron chi connectivity index (χ0n) is 10.3. The molecule has 0 radical (unpaired) electrons. The number of aromatic amines is 1. The zero-order valence-corrected chi connectivity index (χ0v) is 11.1. The lowest BCUT2D eigenvalue weighted by atomic mass is 10.4. The standard InChI is InChI=1S/C12H12N6S/c1-2-13-12-16-10-8(7-15-18-10)11(17-12)19-9-5-3-4-6-14-9/h3-7H,2H2,1H3,(H2,13,15,16,17,18). The van der Waals surface area contributed by atoms with Gasteiger partial charge in [-0.2, -0.15) is 10.1 Å². The highest BCUT2D eigenvalue weighted by Crippen LogP contribution is 2.30. The molecule has 0 saturated heterocycles. The summed E-state index contributed by atoms with van der Waals surface area (Å²) >= 11 is 1.50. The second-order valence-corrected chi connectivity index (χ2v) is 4.79. The Labute approximate surface area is 114 Å². The summed E-state index contributed by atoms with van der Waals surface area (Å²) in [7, 11) is 0. The second kappa shape index (κ2) is 5.23. The van der Waals surface area contributed by atoms with E-state index in [0.29, 0.717) is 5.95 Å². The van der Waals surface area contributed by atoms with Crippen molar-refractivity contribution in [1.29, 1.82) is 0 Å². The summed E-state index contributed by atoms with van der Waals surface area (Å²) in [6, 6.07) is 5.79. The summed E-state index contributed by atoms with van der Waals surface area (Å²) in [6.45, 7) is 2.78. The van der Waals surface area contributed by atoms with E-state index in [0.717, 1.165) is 27.6 Å². The Hall–Kier alpha value is -2.15. The number of H-pyrrole nitrogens is 1. The van der Waals surface area contributed by atoms with Gasteiger partial charge in [0.05, 0.1) is 11.6 Å². The number of fused-ring (bicyclic) bond motifs is 1. The van der Waals surface area contributed by atoms with Crippen LogP contribution >= 0.6 is 11.8 Å². The third kappa shape index (κ3) is 2.50. The number of aromatic nitrogens is 5. The molecule has 3 rings (SSSR count). The minimum atomic E-state index is 0.595. The van der Waals surface area contributed by atoms with E-state index in [4.69, 9.17) is 0 Å². The van der Waals surface area contributed by atoms with Gasteiger partial charge in [0.1, 0.15) is 10.1 Å². The number of nitrogens with zero attached hydrogens (tertiary/aromatic N) is 4. The first-order valence-corrected chi connectivity index (χ1v) is 6.72. The topological polar surface area (TPSA) is 79.4 Å². The molecule has 96 valence electrons. The summed E-state index contributed by atoms with van der Waals surface area (Å²) in [5, 5.41) is 12.6. The lowest BCUT2D eigenvalue weighted by Crippen LogP contribution is -2.03. The fourth-order valence-corrected chi connectivity index (χ4v) is 2.48. The van der Waals surface area contributed by atoms with E-state index >= 15 is 0 Å². The first-order chi connectivity index (χ1) is 9.36. The minimum Gasteiger partial charge on any atom is -0.354 e. The molecule has 0 amide bonds. The van der Waals surface area contributed by atoms with Gasteiger partial charge in [-0.3, -0.25) is 5.10 Å². The Balaban J connectivity index is 2.03. The number of hydrogen-bond acceptors (Lipinski definition) is 6. The molecule has 2 N–H and O–H groups in total. The molecule has 0 spiro atoms. The van der Waals surface area contributed by atoms with Crippen molar-refractivity contribution >= 4 is 28.7 Å². The fourth-order valence-electron chi connectivity index (χ4n) is 1.63. The number of anilines is 1. The molecule has 0 aliphatic heterocycles. The van der Waals surface area contributed by atoms with E-state index in [1.54, 1.807) is 12.4 Å². The van der Waals surface area contributed by atoms with Crippen molar-refractivity contribution in [2.45, 2.75) is 17.0 Å². The van der Waals surface area contributed by atoms with Gasteiger partial charge in [0.15, 0.2) is 5.65 Å². The summed E-state index contributed by atoms with van der Waals surface area (Å²) in [6.07, 6.45) is 3.50. The Morgan fingerprint density at radius 3 is 3.05 bits per heavy atom. The maximum absolute atomic E-state index is 4.50. The lowest BCUT2D eigenvalue weighted by molar-refractivity contribution is 1.03. The van der Waals surface area contributed by atoms with Crippen LogP contribution in [-0.4, -0.2) is 31.7 Å². The van der Waals surface area contributed by atoms with E-state index < -0.39 is 0 Å². The van der Waals surface area contributed by atoms with Gasteiger partial charge in [0.2, 0.25) is 5.95 Å². The number of pyridine rings is 1. The van der Waals surface area contributed by atoms with E-state index in [-0.39, 0.29) is 0 Å². The Morgan fingerprint density at radius 1 is 1.32 bits per heavy atom. The maximum atomic E-state index is 4.50. The van der Waals surface area contributed by atoms with Crippen molar-refractivity contribution in [2.75, 3.05) is 11.9 Å². The Kier molecular flexibility index (Phi) is 3.28. The van der Waals surface area contributed by atoms with Crippen LogP contribution in [0.1, 0.15) is 6.92 Å². The normalized spacial score (nSPS) is 10.8. The smallest absolute Gasteiger partial charge is 0.225 e. The summed E-state index contributed by atoms with van der Waals surface area (Å²) in [5.74, 6) is 0.595. The molecule has 0 aliphatic rings. The zero-order chi connectivity index (χ0) is 13.1. The number of rotatable bonds is 4. The van der Waals surface area contributed by atoms with Gasteiger partial charge in [-0.1, -0.05) is 6.07 Å². The average Bonchev–Trinajstić information content (AvgIpc) is 2.89. The summed E-state index contributed by atoms with van der Waals surface area (Å²) < 4.78 is 0. The first-order valence-electron chi connectivity index (χ1n) is 5.90. The molecule has 19 heavy (non-hydrogen) atoms. The van der Waals surface area contributed by atoms with Gasteiger partial charge in [0.25, 0.3) is 0 Å². The van der Waals surface area contributed by atoms with Gasteiger partial charge < -0.3 is 5.32 Å². The van der Waals surface area contributed by atoms with Crippen LogP contribution in [0.3, 0.4) is 0 Å². The van der Waals surface area contributed by atoms with Crippen LogP contribution in [0.4, 0.5) is 5.95 Å². The summed E-state index contributed by atoms with van der Waals surface area (Å²) in [4.78, 5) is 13.1. The Morgan fingerprint density at radius 2 is 2.26 bits per heavy atom. The van der Waals surface area contributed by atoms with E-state index in [1.165, 1.54) is 11.8 Å². The molecule has 3 aromatic rings. The van der Waals surface area contributed by atoms with Crippen molar-refractivity contribution in [3.63, 3.8) is 0 Å². The van der Waals surface area contributed by atoms with Crippen LogP contribution in [0, 0.1) is 0 Å². The molecule has 0 bridgehead atoms. The van der Waals surface area contributed by atoms with Crippen LogP contribution in [-0.2, 0) is 0 Å². The van der Waals surface area contributed by atoms with Crippen LogP contribution in [0.2, 0.25) is 0 Å². The highest BCUT2D eigenvalue weighted by Gasteiger charge is 2.11. The van der Waals surface area contributed by atoms with Crippen molar-refractivity contribution in [3.05, 3.63) is 30.6 Å². The van der Waals surface area contributed by atoms with Gasteiger partial charge in [-0.05, 0) is 30.8 Å². The van der Waals surface area contributed by atoms with Crippen LogP contribution in [0.5, 0.6) is 0 Å². The maximum Gasteiger partial charge on any atom is 0.225 e. The molecule has 0 atom stereocenters. The predicted octanol–water partition coefficient (Wildman–Crippen LogP) is 2.33. The fraction of sp³-hybridized carbons (Fsp3) is 0.167. The van der Waals surface area contributed by atoms with E-state index in [2.05, 4.69) is 30.5 Å². The third-order valence-corrected chi connectivity index (χ3v) is 3.40. The molecule has 6 nitrogen and oxygen atoms in total. The van der Waals surface area contributed by atoms with E-state index in [9.17, 15) is 0 Å². The van der Waals surface area contributed by atoms with Gasteiger partial charge >= 0.3 is 0 Å². The lowest BCUT2D eigenvalue weighted by Gasteiger charge is -2.05. The van der Waals surface area contributed by atoms with Gasteiger partial charge in [0, 0.05) is 12.7 Å².